The molecular formula is C14H18N4. The largest absolute Gasteiger partial charge is 0.366 e. The number of rotatable bonds is 3. The van der Waals surface area contributed by atoms with Crippen molar-refractivity contribution < 1.29 is 0 Å². The van der Waals surface area contributed by atoms with Gasteiger partial charge >= 0.3 is 0 Å². The highest BCUT2D eigenvalue weighted by molar-refractivity contribution is 5.90. The first kappa shape index (κ1) is 11.3. The molecule has 2 N–H and O–H groups in total. The molecule has 1 aliphatic rings. The van der Waals surface area contributed by atoms with Gasteiger partial charge in [-0.05, 0) is 24.0 Å². The smallest absolute Gasteiger partial charge is 0.224 e. The summed E-state index contributed by atoms with van der Waals surface area (Å²) in [6.07, 6.45) is 1.19. The zero-order valence-corrected chi connectivity index (χ0v) is 11.0. The van der Waals surface area contributed by atoms with E-state index < -0.39 is 0 Å². The van der Waals surface area contributed by atoms with Crippen molar-refractivity contribution in [1.82, 2.24) is 9.97 Å². The normalized spacial score (nSPS) is 20.7. The first-order valence-electron chi connectivity index (χ1n) is 6.31. The number of hydrogen-bond acceptors (Lipinski definition) is 4. The number of nitrogens with zero attached hydrogens (tertiary/aromatic N) is 2. The Morgan fingerprint density at radius 2 is 1.94 bits per heavy atom. The highest BCUT2D eigenvalue weighted by Gasteiger charge is 2.46. The van der Waals surface area contributed by atoms with Crippen LogP contribution in [0.1, 0.15) is 20.3 Å². The van der Waals surface area contributed by atoms with Crippen molar-refractivity contribution in [2.75, 3.05) is 17.7 Å². The quantitative estimate of drug-likeness (QED) is 0.869. The van der Waals surface area contributed by atoms with Crippen molar-refractivity contribution in [3.8, 4) is 0 Å². The predicted octanol–water partition coefficient (Wildman–Crippen LogP) is 2.88. The van der Waals surface area contributed by atoms with Gasteiger partial charge in [0.25, 0.3) is 0 Å². The number of fused-ring (bicyclic) bond motifs is 1. The van der Waals surface area contributed by atoms with Gasteiger partial charge in [0.15, 0.2) is 0 Å². The molecule has 1 heterocycles. The van der Waals surface area contributed by atoms with Gasteiger partial charge in [-0.25, -0.2) is 4.98 Å². The summed E-state index contributed by atoms with van der Waals surface area (Å²) in [4.78, 5) is 8.99. The summed E-state index contributed by atoms with van der Waals surface area (Å²) in [5, 5.41) is 7.63. The van der Waals surface area contributed by atoms with Gasteiger partial charge in [0.1, 0.15) is 5.82 Å². The van der Waals surface area contributed by atoms with Gasteiger partial charge in [0.05, 0.1) is 5.52 Å². The molecule has 2 aromatic rings. The van der Waals surface area contributed by atoms with Crippen molar-refractivity contribution in [2.24, 2.45) is 5.41 Å². The molecular weight excluding hydrogens is 224 g/mol. The van der Waals surface area contributed by atoms with Gasteiger partial charge in [-0.1, -0.05) is 26.0 Å². The molecule has 1 unspecified atom stereocenters. The van der Waals surface area contributed by atoms with Crippen LogP contribution in [0.15, 0.2) is 24.3 Å². The number of anilines is 2. The molecule has 1 fully saturated rings. The summed E-state index contributed by atoms with van der Waals surface area (Å²) < 4.78 is 0. The highest BCUT2D eigenvalue weighted by atomic mass is 15.2. The molecule has 1 saturated carbocycles. The second kappa shape index (κ2) is 3.83. The first-order chi connectivity index (χ1) is 8.60. The summed E-state index contributed by atoms with van der Waals surface area (Å²) >= 11 is 0. The Morgan fingerprint density at radius 3 is 2.61 bits per heavy atom. The van der Waals surface area contributed by atoms with E-state index in [-0.39, 0.29) is 0 Å². The molecule has 0 saturated heterocycles. The molecule has 1 atom stereocenters. The SMILES string of the molecule is CNc1nc(NC2CC2(C)C)c2ccccc2n1. The summed E-state index contributed by atoms with van der Waals surface area (Å²) in [5.41, 5.74) is 1.35. The molecule has 0 radical (unpaired) electrons. The number of aromatic nitrogens is 2. The Labute approximate surface area is 107 Å². The minimum Gasteiger partial charge on any atom is -0.366 e. The number of hydrogen-bond donors (Lipinski definition) is 2. The molecule has 18 heavy (non-hydrogen) atoms. The van der Waals surface area contributed by atoms with Gasteiger partial charge in [-0.3, -0.25) is 0 Å². The van der Waals surface area contributed by atoms with E-state index in [2.05, 4.69) is 40.5 Å². The van der Waals surface area contributed by atoms with E-state index in [1.807, 2.05) is 25.2 Å². The maximum atomic E-state index is 4.53. The molecule has 0 bridgehead atoms. The zero-order valence-electron chi connectivity index (χ0n) is 11.0. The molecule has 0 spiro atoms. The van der Waals surface area contributed by atoms with Crippen LogP contribution < -0.4 is 10.6 Å². The summed E-state index contributed by atoms with van der Waals surface area (Å²) in [6, 6.07) is 8.61. The first-order valence-corrected chi connectivity index (χ1v) is 6.31. The topological polar surface area (TPSA) is 49.8 Å². The molecule has 4 nitrogen and oxygen atoms in total. The van der Waals surface area contributed by atoms with E-state index in [9.17, 15) is 0 Å². The fourth-order valence-corrected chi connectivity index (χ4v) is 2.18. The molecule has 3 rings (SSSR count). The van der Waals surface area contributed by atoms with Crippen LogP contribution in [0.4, 0.5) is 11.8 Å². The Hall–Kier alpha value is -1.84. The number of nitrogens with one attached hydrogen (secondary N) is 2. The zero-order chi connectivity index (χ0) is 12.8. The average Bonchev–Trinajstić information content (AvgIpc) is 2.96. The van der Waals surface area contributed by atoms with Gasteiger partial charge in [-0.2, -0.15) is 4.98 Å². The van der Waals surface area contributed by atoms with Crippen LogP contribution in [0.5, 0.6) is 0 Å². The van der Waals surface area contributed by atoms with Crippen LogP contribution in [-0.4, -0.2) is 23.1 Å². The van der Waals surface area contributed by atoms with E-state index >= 15 is 0 Å². The molecule has 1 aromatic heterocycles. The van der Waals surface area contributed by atoms with Crippen LogP contribution in [0.3, 0.4) is 0 Å². The Morgan fingerprint density at radius 1 is 1.22 bits per heavy atom. The lowest BCUT2D eigenvalue weighted by atomic mass is 10.2. The standard InChI is InChI=1S/C14H18N4/c1-14(2)8-11(14)17-12-9-6-4-5-7-10(9)16-13(15-3)18-12/h4-7,11H,8H2,1-3H3,(H2,15,16,17,18). The number of para-hydroxylation sites is 1. The average molecular weight is 242 g/mol. The van der Waals surface area contributed by atoms with Gasteiger partial charge in [-0.15, -0.1) is 0 Å². The van der Waals surface area contributed by atoms with Crippen LogP contribution in [-0.2, 0) is 0 Å². The molecule has 1 aromatic carbocycles. The lowest BCUT2D eigenvalue weighted by Crippen LogP contribution is -2.11. The fourth-order valence-electron chi connectivity index (χ4n) is 2.18. The molecule has 1 aliphatic carbocycles. The summed E-state index contributed by atoms with van der Waals surface area (Å²) in [5.74, 6) is 1.59. The minimum absolute atomic E-state index is 0.381. The monoisotopic (exact) mass is 242 g/mol. The summed E-state index contributed by atoms with van der Waals surface area (Å²) in [7, 11) is 1.84. The van der Waals surface area contributed by atoms with E-state index in [1.54, 1.807) is 0 Å². The van der Waals surface area contributed by atoms with Crippen LogP contribution in [0, 0.1) is 5.41 Å². The van der Waals surface area contributed by atoms with Gasteiger partial charge in [0.2, 0.25) is 5.95 Å². The number of benzene rings is 1. The van der Waals surface area contributed by atoms with Gasteiger partial charge in [0, 0.05) is 18.5 Å². The van der Waals surface area contributed by atoms with Crippen LogP contribution >= 0.6 is 0 Å². The lowest BCUT2D eigenvalue weighted by Gasteiger charge is -2.11. The van der Waals surface area contributed by atoms with Crippen molar-refractivity contribution >= 4 is 22.7 Å². The van der Waals surface area contributed by atoms with Gasteiger partial charge < -0.3 is 10.6 Å². The van der Waals surface area contributed by atoms with Crippen LogP contribution in [0.2, 0.25) is 0 Å². The lowest BCUT2D eigenvalue weighted by molar-refractivity contribution is 0.630. The highest BCUT2D eigenvalue weighted by Crippen LogP contribution is 2.46. The molecule has 0 amide bonds. The molecule has 0 aliphatic heterocycles. The Balaban J connectivity index is 2.03. The van der Waals surface area contributed by atoms with E-state index in [0.717, 1.165) is 16.7 Å². The van der Waals surface area contributed by atoms with Crippen molar-refractivity contribution in [1.29, 1.82) is 0 Å². The third-order valence-corrected chi connectivity index (χ3v) is 3.65. The van der Waals surface area contributed by atoms with E-state index in [0.29, 0.717) is 17.4 Å². The second-order valence-corrected chi connectivity index (χ2v) is 5.55. The van der Waals surface area contributed by atoms with Crippen molar-refractivity contribution in [2.45, 2.75) is 26.3 Å². The van der Waals surface area contributed by atoms with E-state index in [1.165, 1.54) is 6.42 Å². The third-order valence-electron chi connectivity index (χ3n) is 3.65. The second-order valence-electron chi connectivity index (χ2n) is 5.55. The maximum Gasteiger partial charge on any atom is 0.224 e. The third kappa shape index (κ3) is 1.88. The van der Waals surface area contributed by atoms with Crippen molar-refractivity contribution in [3.63, 3.8) is 0 Å². The minimum atomic E-state index is 0.381. The fraction of sp³-hybridized carbons (Fsp3) is 0.429. The molecule has 4 heteroatoms. The van der Waals surface area contributed by atoms with Crippen molar-refractivity contribution in [3.05, 3.63) is 24.3 Å². The van der Waals surface area contributed by atoms with Crippen LogP contribution in [0.25, 0.3) is 10.9 Å². The Bertz CT molecular complexity index is 591. The van der Waals surface area contributed by atoms with E-state index in [4.69, 9.17) is 0 Å². The summed E-state index contributed by atoms with van der Waals surface area (Å²) in [6.45, 7) is 4.54. The predicted molar refractivity (Wildman–Crippen MR) is 74.9 cm³/mol. The maximum absolute atomic E-state index is 4.53. The molecule has 94 valence electrons. The Kier molecular flexibility index (Phi) is 2.40.